The van der Waals surface area contributed by atoms with E-state index in [0.717, 1.165) is 25.7 Å². The van der Waals surface area contributed by atoms with Crippen LogP contribution in [0.25, 0.3) is 0 Å². The van der Waals surface area contributed by atoms with Crippen molar-refractivity contribution in [2.24, 2.45) is 5.92 Å². The van der Waals surface area contributed by atoms with Gasteiger partial charge in [0.15, 0.2) is 0 Å². The second kappa shape index (κ2) is 8.97. The number of hydrogen-bond acceptors (Lipinski definition) is 2. The van der Waals surface area contributed by atoms with Crippen LogP contribution in [0.4, 0.5) is 13.2 Å². The van der Waals surface area contributed by atoms with E-state index in [-0.39, 0.29) is 29.0 Å². The fourth-order valence-corrected chi connectivity index (χ4v) is 3.66. The van der Waals surface area contributed by atoms with E-state index in [1.165, 1.54) is 17.7 Å². The van der Waals surface area contributed by atoms with Gasteiger partial charge >= 0.3 is 6.18 Å². The number of halogens is 4. The van der Waals surface area contributed by atoms with E-state index >= 15 is 0 Å². The van der Waals surface area contributed by atoms with E-state index < -0.39 is 11.7 Å². The maximum Gasteiger partial charge on any atom is 0.416 e. The van der Waals surface area contributed by atoms with Crippen LogP contribution in [0.5, 0.6) is 0 Å². The molecule has 0 radical (unpaired) electrons. The molecule has 1 fully saturated rings. The van der Waals surface area contributed by atoms with E-state index in [1.54, 1.807) is 0 Å². The smallest absolute Gasteiger partial charge is 0.352 e. The van der Waals surface area contributed by atoms with Gasteiger partial charge in [0.05, 0.1) is 5.56 Å². The summed E-state index contributed by atoms with van der Waals surface area (Å²) in [4.78, 5) is 14.7. The maximum atomic E-state index is 13.2. The van der Waals surface area contributed by atoms with Crippen LogP contribution in [-0.2, 0) is 24.1 Å². The number of carbonyl (C=O) groups is 1. The predicted octanol–water partition coefficient (Wildman–Crippen LogP) is 4.89. The Balaban J connectivity index is 1.52. The molecule has 2 aromatic carbocycles. The van der Waals surface area contributed by atoms with Crippen molar-refractivity contribution in [3.8, 4) is 0 Å². The first-order valence-corrected chi connectivity index (χ1v) is 9.60. The molecule has 3 rings (SSSR count). The maximum absolute atomic E-state index is 13.2. The van der Waals surface area contributed by atoms with Gasteiger partial charge in [0, 0.05) is 24.0 Å². The van der Waals surface area contributed by atoms with Gasteiger partial charge < -0.3 is 5.32 Å². The topological polar surface area (TPSA) is 32.3 Å². The minimum absolute atomic E-state index is 0.0202. The van der Waals surface area contributed by atoms with Gasteiger partial charge in [-0.3, -0.25) is 9.69 Å². The largest absolute Gasteiger partial charge is 0.416 e. The molecule has 0 bridgehead atoms. The number of likely N-dealkylation sites (tertiary alicyclic amines) is 1. The molecule has 1 aliphatic heterocycles. The molecule has 1 amide bonds. The van der Waals surface area contributed by atoms with Crippen molar-refractivity contribution in [1.29, 1.82) is 0 Å². The molecule has 7 heteroatoms. The molecule has 150 valence electrons. The third-order valence-corrected chi connectivity index (χ3v) is 5.27. The number of hydrogen-bond donors (Lipinski definition) is 1. The Hall–Kier alpha value is -2.05. The number of amides is 1. The van der Waals surface area contributed by atoms with Crippen molar-refractivity contribution >= 4 is 17.5 Å². The Labute approximate surface area is 167 Å². The summed E-state index contributed by atoms with van der Waals surface area (Å²) in [7, 11) is 0. The number of rotatable bonds is 5. The zero-order chi connectivity index (χ0) is 20.1. The summed E-state index contributed by atoms with van der Waals surface area (Å²) in [6.45, 7) is 2.27. The summed E-state index contributed by atoms with van der Waals surface area (Å²) >= 11 is 5.69. The molecule has 0 spiro atoms. The van der Waals surface area contributed by atoms with Crippen molar-refractivity contribution in [3.63, 3.8) is 0 Å². The van der Waals surface area contributed by atoms with Gasteiger partial charge in [0.1, 0.15) is 0 Å². The average molecular weight is 411 g/mol. The highest BCUT2D eigenvalue weighted by Crippen LogP contribution is 2.33. The Bertz CT molecular complexity index is 803. The fourth-order valence-electron chi connectivity index (χ4n) is 3.49. The van der Waals surface area contributed by atoms with Gasteiger partial charge in [-0.1, -0.05) is 48.0 Å². The van der Waals surface area contributed by atoms with Crippen LogP contribution >= 0.6 is 11.6 Å². The predicted molar refractivity (Wildman–Crippen MR) is 103 cm³/mol. The Kier molecular flexibility index (Phi) is 6.62. The van der Waals surface area contributed by atoms with E-state index in [2.05, 4.69) is 22.3 Å². The first-order chi connectivity index (χ1) is 13.3. The summed E-state index contributed by atoms with van der Waals surface area (Å²) in [6.07, 6.45) is -3.11. The zero-order valence-corrected chi connectivity index (χ0v) is 16.1. The van der Waals surface area contributed by atoms with Crippen molar-refractivity contribution in [2.75, 3.05) is 13.1 Å². The Morgan fingerprint density at radius 1 is 1.11 bits per heavy atom. The molecule has 0 saturated carbocycles. The highest BCUT2D eigenvalue weighted by Gasteiger charge is 2.34. The first-order valence-electron chi connectivity index (χ1n) is 9.22. The standard InChI is InChI=1S/C21H22ClF3N2O/c22-18-7-6-17(19(12-18)21(23,24)25)13-26-20(28)16-8-10-27(11-9-16)14-15-4-2-1-3-5-15/h1-7,12,16H,8-11,13-14H2,(H,26,28). The average Bonchev–Trinajstić information content (AvgIpc) is 2.67. The van der Waals surface area contributed by atoms with Crippen molar-refractivity contribution < 1.29 is 18.0 Å². The van der Waals surface area contributed by atoms with Crippen LogP contribution < -0.4 is 5.32 Å². The van der Waals surface area contributed by atoms with Gasteiger partial charge in [0.25, 0.3) is 0 Å². The van der Waals surface area contributed by atoms with Gasteiger partial charge in [-0.2, -0.15) is 13.2 Å². The quantitative estimate of drug-likeness (QED) is 0.761. The molecule has 2 aromatic rings. The lowest BCUT2D eigenvalue weighted by Gasteiger charge is -2.31. The van der Waals surface area contributed by atoms with Crippen LogP contribution in [0.15, 0.2) is 48.5 Å². The highest BCUT2D eigenvalue weighted by atomic mass is 35.5. The fraction of sp³-hybridized carbons (Fsp3) is 0.381. The number of benzene rings is 2. The summed E-state index contributed by atoms with van der Waals surface area (Å²) in [5.74, 6) is -0.365. The molecule has 1 saturated heterocycles. The molecule has 28 heavy (non-hydrogen) atoms. The minimum Gasteiger partial charge on any atom is -0.352 e. The number of piperidine rings is 1. The second-order valence-corrected chi connectivity index (χ2v) is 7.49. The number of nitrogens with one attached hydrogen (secondary N) is 1. The lowest BCUT2D eigenvalue weighted by Crippen LogP contribution is -2.40. The zero-order valence-electron chi connectivity index (χ0n) is 15.3. The Morgan fingerprint density at radius 2 is 1.79 bits per heavy atom. The normalized spacial score (nSPS) is 16.1. The third kappa shape index (κ3) is 5.49. The lowest BCUT2D eigenvalue weighted by atomic mass is 9.95. The van der Waals surface area contributed by atoms with Gasteiger partial charge in [-0.25, -0.2) is 0 Å². The van der Waals surface area contributed by atoms with Crippen molar-refractivity contribution in [2.45, 2.75) is 32.1 Å². The molecule has 0 aromatic heterocycles. The third-order valence-electron chi connectivity index (χ3n) is 5.04. The molecule has 0 aliphatic carbocycles. The molecule has 1 heterocycles. The van der Waals surface area contributed by atoms with Crippen molar-refractivity contribution in [1.82, 2.24) is 10.2 Å². The highest BCUT2D eigenvalue weighted by molar-refractivity contribution is 6.30. The molecule has 3 nitrogen and oxygen atoms in total. The van der Waals surface area contributed by atoms with Gasteiger partial charge in [-0.05, 0) is 49.2 Å². The van der Waals surface area contributed by atoms with Crippen LogP contribution in [0.1, 0.15) is 29.5 Å². The Morgan fingerprint density at radius 3 is 2.43 bits per heavy atom. The summed E-state index contributed by atoms with van der Waals surface area (Å²) in [5, 5.41) is 2.69. The summed E-state index contributed by atoms with van der Waals surface area (Å²) in [6, 6.07) is 13.7. The molecule has 1 N–H and O–H groups in total. The van der Waals surface area contributed by atoms with Gasteiger partial charge in [-0.15, -0.1) is 0 Å². The number of carbonyl (C=O) groups excluding carboxylic acids is 1. The molecular weight excluding hydrogens is 389 g/mol. The minimum atomic E-state index is -4.51. The molecule has 1 aliphatic rings. The number of nitrogens with zero attached hydrogens (tertiary/aromatic N) is 1. The van der Waals surface area contributed by atoms with E-state index in [9.17, 15) is 18.0 Å². The second-order valence-electron chi connectivity index (χ2n) is 7.05. The summed E-state index contributed by atoms with van der Waals surface area (Å²) < 4.78 is 39.5. The van der Waals surface area contributed by atoms with E-state index in [4.69, 9.17) is 11.6 Å². The first kappa shape index (κ1) is 20.7. The van der Waals surface area contributed by atoms with Crippen LogP contribution in [-0.4, -0.2) is 23.9 Å². The molecule has 0 unspecified atom stereocenters. The molecular formula is C21H22ClF3N2O. The lowest BCUT2D eigenvalue weighted by molar-refractivity contribution is -0.138. The molecule has 0 atom stereocenters. The van der Waals surface area contributed by atoms with Crippen LogP contribution in [0, 0.1) is 5.92 Å². The monoisotopic (exact) mass is 410 g/mol. The van der Waals surface area contributed by atoms with Gasteiger partial charge in [0.2, 0.25) is 5.91 Å². The van der Waals surface area contributed by atoms with Crippen molar-refractivity contribution in [3.05, 3.63) is 70.2 Å². The van der Waals surface area contributed by atoms with E-state index in [1.807, 2.05) is 18.2 Å². The van der Waals surface area contributed by atoms with E-state index in [0.29, 0.717) is 12.8 Å². The number of alkyl halides is 3. The van der Waals surface area contributed by atoms with Crippen LogP contribution in [0.3, 0.4) is 0 Å². The summed E-state index contributed by atoms with van der Waals surface area (Å²) in [5.41, 5.74) is 0.442. The van der Waals surface area contributed by atoms with Crippen LogP contribution in [0.2, 0.25) is 5.02 Å². The SMILES string of the molecule is O=C(NCc1ccc(Cl)cc1C(F)(F)F)C1CCN(Cc2ccccc2)CC1.